The fourth-order valence-corrected chi connectivity index (χ4v) is 4.45. The zero-order chi connectivity index (χ0) is 23.2. The second-order valence-electron chi connectivity index (χ2n) is 7.89. The second kappa shape index (κ2) is 10.5. The predicted octanol–water partition coefficient (Wildman–Crippen LogP) is 5.28. The number of hydrogen-bond donors (Lipinski definition) is 0. The lowest BCUT2D eigenvalue weighted by Gasteiger charge is -2.22. The Morgan fingerprint density at radius 3 is 2.79 bits per heavy atom. The van der Waals surface area contributed by atoms with Crippen LogP contribution in [-0.4, -0.2) is 29.1 Å². The van der Waals surface area contributed by atoms with E-state index in [0.29, 0.717) is 45.4 Å². The van der Waals surface area contributed by atoms with E-state index in [9.17, 15) is 4.79 Å². The molecule has 0 N–H and O–H groups in total. The van der Waals surface area contributed by atoms with E-state index >= 15 is 0 Å². The second-order valence-corrected chi connectivity index (χ2v) is 8.30. The first kappa shape index (κ1) is 22.8. The maximum Gasteiger partial charge on any atom is 0.282 e. The Balaban J connectivity index is 1.78. The molecule has 1 aromatic heterocycles. The molecular weight excluding hydrogens is 440 g/mol. The van der Waals surface area contributed by atoms with Crippen LogP contribution in [0.1, 0.15) is 56.3 Å². The zero-order valence-electron chi connectivity index (χ0n) is 18.5. The number of hydrogen-bond acceptors (Lipinski definition) is 6. The molecule has 0 amide bonds. The first-order valence-corrected chi connectivity index (χ1v) is 11.5. The number of halogens is 1. The third-order valence-electron chi connectivity index (χ3n) is 5.68. The molecule has 3 aromatic rings. The van der Waals surface area contributed by atoms with Gasteiger partial charge < -0.3 is 9.47 Å². The molecule has 8 heteroatoms. The van der Waals surface area contributed by atoms with Crippen LogP contribution in [0.25, 0.3) is 10.9 Å². The summed E-state index contributed by atoms with van der Waals surface area (Å²) in [4.78, 5) is 18.2. The summed E-state index contributed by atoms with van der Waals surface area (Å²) < 4.78 is 12.5. The topological polar surface area (TPSA) is 89.5 Å². The third kappa shape index (κ3) is 5.01. The van der Waals surface area contributed by atoms with Gasteiger partial charge in [0, 0.05) is 5.92 Å². The van der Waals surface area contributed by atoms with E-state index in [4.69, 9.17) is 31.3 Å². The highest BCUT2D eigenvalue weighted by Crippen LogP contribution is 2.36. The van der Waals surface area contributed by atoms with E-state index in [-0.39, 0.29) is 18.1 Å². The van der Waals surface area contributed by atoms with Gasteiger partial charge in [-0.25, -0.2) is 4.98 Å². The molecule has 7 nitrogen and oxygen atoms in total. The van der Waals surface area contributed by atoms with Gasteiger partial charge in [-0.05, 0) is 49.6 Å². The lowest BCUT2D eigenvalue weighted by Crippen LogP contribution is -2.25. The van der Waals surface area contributed by atoms with Crippen molar-refractivity contribution in [3.8, 4) is 17.6 Å². The van der Waals surface area contributed by atoms with Crippen molar-refractivity contribution in [1.29, 1.82) is 5.26 Å². The Labute approximate surface area is 197 Å². The molecule has 0 aliphatic heterocycles. The SMILES string of the molecule is CCOc1cc(C=Nn2c(C3CCCCC3)nc3ccccc3c2=O)cc(Cl)c1OCC#N. The van der Waals surface area contributed by atoms with Crippen LogP contribution in [0.2, 0.25) is 5.02 Å². The molecule has 0 unspecified atom stereocenters. The van der Waals surface area contributed by atoms with Gasteiger partial charge in [-0.15, -0.1) is 0 Å². The van der Waals surface area contributed by atoms with Crippen LogP contribution in [0.15, 0.2) is 46.3 Å². The number of benzene rings is 2. The quantitative estimate of drug-likeness (QED) is 0.443. The van der Waals surface area contributed by atoms with Crippen LogP contribution >= 0.6 is 11.6 Å². The molecule has 0 bridgehead atoms. The average Bonchev–Trinajstić information content (AvgIpc) is 2.83. The molecule has 4 rings (SSSR count). The third-order valence-corrected chi connectivity index (χ3v) is 5.96. The summed E-state index contributed by atoms with van der Waals surface area (Å²) in [5.74, 6) is 1.61. The summed E-state index contributed by atoms with van der Waals surface area (Å²) in [6.07, 6.45) is 7.00. The molecule has 1 aliphatic rings. The van der Waals surface area contributed by atoms with E-state index in [1.807, 2.05) is 31.2 Å². The van der Waals surface area contributed by atoms with Crippen molar-refractivity contribution in [2.75, 3.05) is 13.2 Å². The van der Waals surface area contributed by atoms with Gasteiger partial charge in [0.15, 0.2) is 18.1 Å². The number of aromatic nitrogens is 2. The van der Waals surface area contributed by atoms with Crippen molar-refractivity contribution < 1.29 is 9.47 Å². The minimum atomic E-state index is -0.192. The molecule has 0 saturated heterocycles. The maximum atomic E-state index is 13.3. The highest BCUT2D eigenvalue weighted by atomic mass is 35.5. The van der Waals surface area contributed by atoms with E-state index < -0.39 is 0 Å². The van der Waals surface area contributed by atoms with Crippen molar-refractivity contribution in [1.82, 2.24) is 9.66 Å². The van der Waals surface area contributed by atoms with Crippen molar-refractivity contribution >= 4 is 28.7 Å². The summed E-state index contributed by atoms with van der Waals surface area (Å²) in [7, 11) is 0. The first-order chi connectivity index (χ1) is 16.1. The number of nitrogens with zero attached hydrogens (tertiary/aromatic N) is 4. The largest absolute Gasteiger partial charge is 0.490 e. The van der Waals surface area contributed by atoms with Gasteiger partial charge in [-0.2, -0.15) is 15.0 Å². The molecule has 1 saturated carbocycles. The summed E-state index contributed by atoms with van der Waals surface area (Å²) >= 11 is 6.39. The summed E-state index contributed by atoms with van der Waals surface area (Å²) in [5.41, 5.74) is 1.14. The molecule has 33 heavy (non-hydrogen) atoms. The number of ether oxygens (including phenoxy) is 2. The zero-order valence-corrected chi connectivity index (χ0v) is 19.2. The average molecular weight is 465 g/mol. The van der Waals surface area contributed by atoms with Crippen molar-refractivity contribution in [2.45, 2.75) is 44.9 Å². The summed E-state index contributed by atoms with van der Waals surface area (Å²) in [6, 6.07) is 12.7. The molecule has 1 fully saturated rings. The Hall–Kier alpha value is -3.37. The minimum Gasteiger partial charge on any atom is -0.490 e. The maximum absolute atomic E-state index is 13.3. The van der Waals surface area contributed by atoms with Crippen LogP contribution in [0, 0.1) is 11.3 Å². The Morgan fingerprint density at radius 2 is 2.03 bits per heavy atom. The number of rotatable bonds is 7. The molecule has 0 spiro atoms. The van der Waals surface area contributed by atoms with E-state index in [1.165, 1.54) is 11.1 Å². The normalized spacial score (nSPS) is 14.5. The molecule has 170 valence electrons. The highest BCUT2D eigenvalue weighted by molar-refractivity contribution is 6.32. The predicted molar refractivity (Wildman–Crippen MR) is 129 cm³/mol. The van der Waals surface area contributed by atoms with Crippen LogP contribution in [0.4, 0.5) is 0 Å². The van der Waals surface area contributed by atoms with Crippen LogP contribution in [0.3, 0.4) is 0 Å². The standard InChI is InChI=1S/C25H25ClN4O3/c1-2-32-22-15-17(14-20(26)23(22)33-13-12-27)16-28-30-24(18-8-4-3-5-9-18)29-21-11-7-6-10-19(21)25(30)31/h6-7,10-11,14-16,18H,2-5,8-9,13H2,1H3. The fraction of sp³-hybridized carbons (Fsp3) is 0.360. The van der Waals surface area contributed by atoms with E-state index in [1.54, 1.807) is 24.4 Å². The van der Waals surface area contributed by atoms with Gasteiger partial charge in [0.05, 0.1) is 28.7 Å². The smallest absolute Gasteiger partial charge is 0.282 e. The first-order valence-electron chi connectivity index (χ1n) is 11.1. The monoisotopic (exact) mass is 464 g/mol. The summed E-state index contributed by atoms with van der Waals surface area (Å²) in [5, 5.41) is 14.2. The van der Waals surface area contributed by atoms with Gasteiger partial charge in [0.2, 0.25) is 0 Å². The molecule has 2 aromatic carbocycles. The van der Waals surface area contributed by atoms with Crippen molar-refractivity contribution in [3.63, 3.8) is 0 Å². The highest BCUT2D eigenvalue weighted by Gasteiger charge is 2.22. The fourth-order valence-electron chi connectivity index (χ4n) is 4.17. The van der Waals surface area contributed by atoms with Gasteiger partial charge in [0.25, 0.3) is 5.56 Å². The number of para-hydroxylation sites is 1. The Kier molecular flexibility index (Phi) is 7.26. The van der Waals surface area contributed by atoms with E-state index in [2.05, 4.69) is 5.10 Å². The van der Waals surface area contributed by atoms with Gasteiger partial charge in [-0.1, -0.05) is 43.0 Å². The number of nitriles is 1. The molecule has 0 radical (unpaired) electrons. The summed E-state index contributed by atoms with van der Waals surface area (Å²) in [6.45, 7) is 2.11. The van der Waals surface area contributed by atoms with Crippen LogP contribution in [-0.2, 0) is 0 Å². The lowest BCUT2D eigenvalue weighted by molar-refractivity contribution is 0.299. The Bertz CT molecular complexity index is 1270. The lowest BCUT2D eigenvalue weighted by atomic mass is 9.88. The molecule has 0 atom stereocenters. The van der Waals surface area contributed by atoms with E-state index in [0.717, 1.165) is 25.7 Å². The van der Waals surface area contributed by atoms with Gasteiger partial charge in [0.1, 0.15) is 11.9 Å². The van der Waals surface area contributed by atoms with Gasteiger partial charge >= 0.3 is 0 Å². The van der Waals surface area contributed by atoms with Crippen molar-refractivity contribution in [3.05, 3.63) is 63.2 Å². The number of fused-ring (bicyclic) bond motifs is 1. The van der Waals surface area contributed by atoms with Crippen LogP contribution < -0.4 is 15.0 Å². The van der Waals surface area contributed by atoms with Crippen LogP contribution in [0.5, 0.6) is 11.5 Å². The van der Waals surface area contributed by atoms with Gasteiger partial charge in [-0.3, -0.25) is 4.79 Å². The Morgan fingerprint density at radius 1 is 1.24 bits per heavy atom. The molecular formula is C25H25ClN4O3. The van der Waals surface area contributed by atoms with Crippen molar-refractivity contribution in [2.24, 2.45) is 5.10 Å². The molecule has 1 aliphatic carbocycles. The molecule has 1 heterocycles. The minimum absolute atomic E-state index is 0.143.